The average Bonchev–Trinajstić information content (AvgIpc) is 3.71. The Morgan fingerprint density at radius 2 is 1.79 bits per heavy atom. The van der Waals surface area contributed by atoms with Crippen LogP contribution in [0.25, 0.3) is 0 Å². The Morgan fingerprint density at radius 3 is 2.52 bits per heavy atom. The molecule has 274 valence electrons. The van der Waals surface area contributed by atoms with Gasteiger partial charge in [-0.05, 0) is 80.1 Å². The van der Waals surface area contributed by atoms with Crippen molar-refractivity contribution in [1.82, 2.24) is 20.6 Å². The SMILES string of the molecule is CC(C)C[C@H](NC(=O)[C@@H](CC(=O)[C@H](CC1=CCC2C=CC=CC12)NC(=O)c1cnccn1)Cc1ccccc1)B1OC2CC3C[C@@H](C3(C)C)[C@]2(C)O1. The Balaban J connectivity index is 1.11. The minimum Gasteiger partial charge on any atom is -0.404 e. The molecule has 9 atom stereocenters. The van der Waals surface area contributed by atoms with E-state index in [0.29, 0.717) is 37.0 Å². The maximum Gasteiger partial charge on any atom is 0.481 e. The number of hydrogen-bond acceptors (Lipinski definition) is 7. The first-order chi connectivity index (χ1) is 24.9. The number of hydrogen-bond donors (Lipinski definition) is 2. The quantitative estimate of drug-likeness (QED) is 0.176. The van der Waals surface area contributed by atoms with Crippen molar-refractivity contribution in [3.05, 3.63) is 96.1 Å². The highest BCUT2D eigenvalue weighted by molar-refractivity contribution is 6.47. The molecular formula is C42H53BN4O5. The highest BCUT2D eigenvalue weighted by Crippen LogP contribution is 2.65. The van der Waals surface area contributed by atoms with Crippen LogP contribution in [0.15, 0.2) is 84.9 Å². The van der Waals surface area contributed by atoms with Crippen LogP contribution in [-0.2, 0) is 25.3 Å². The number of ketones is 1. The van der Waals surface area contributed by atoms with E-state index in [-0.39, 0.29) is 53.1 Å². The summed E-state index contributed by atoms with van der Waals surface area (Å²) < 4.78 is 13.5. The van der Waals surface area contributed by atoms with Gasteiger partial charge in [0, 0.05) is 30.7 Å². The summed E-state index contributed by atoms with van der Waals surface area (Å²) in [5.41, 5.74) is 2.04. The van der Waals surface area contributed by atoms with Gasteiger partial charge < -0.3 is 19.9 Å². The molecule has 6 aliphatic rings. The molecule has 52 heavy (non-hydrogen) atoms. The standard InChI is InChI=1S/C42H53BN4O5/c1-26(2)19-38(43-51-37-24-31-23-36(41(31,3)4)42(37,5)52-43)47-39(49)30(20-27-11-7-6-8-12-27)22-35(48)33(46-40(50)34-25-44-17-18-45-34)21-29-16-15-28-13-9-10-14-32(28)29/h6-14,16-18,25-26,28,30-33,36-38H,15,19-24H2,1-5H3,(H,46,50)(H,47,49)/t28?,30-,31?,32?,33+,36+,37?,38+,42+/m1/s1. The molecule has 2 N–H and O–H groups in total. The fourth-order valence-electron chi connectivity index (χ4n) is 9.71. The summed E-state index contributed by atoms with van der Waals surface area (Å²) in [5, 5.41) is 6.31. The molecule has 0 radical (unpaired) electrons. The number of nitrogens with zero attached hydrogens (tertiary/aromatic N) is 2. The van der Waals surface area contributed by atoms with Crippen molar-refractivity contribution in [3.8, 4) is 0 Å². The second kappa shape index (κ2) is 14.9. The van der Waals surface area contributed by atoms with Crippen LogP contribution in [-0.4, -0.2) is 58.4 Å². The Bertz CT molecular complexity index is 1730. The lowest BCUT2D eigenvalue weighted by atomic mass is 9.43. The van der Waals surface area contributed by atoms with Crippen LogP contribution >= 0.6 is 0 Å². The number of allylic oxidation sites excluding steroid dienone is 5. The smallest absolute Gasteiger partial charge is 0.404 e. The van der Waals surface area contributed by atoms with E-state index < -0.39 is 30.6 Å². The minimum atomic E-state index is -0.837. The number of rotatable bonds is 14. The maximum atomic E-state index is 14.5. The lowest BCUT2D eigenvalue weighted by molar-refractivity contribution is -0.199. The van der Waals surface area contributed by atoms with Gasteiger partial charge in [0.15, 0.2) is 5.78 Å². The highest BCUT2D eigenvalue weighted by Gasteiger charge is 2.68. The molecule has 2 heterocycles. The molecule has 1 aromatic heterocycles. The lowest BCUT2D eigenvalue weighted by Gasteiger charge is -2.64. The van der Waals surface area contributed by atoms with Crippen molar-refractivity contribution in [2.24, 2.45) is 40.9 Å². The van der Waals surface area contributed by atoms with Crippen molar-refractivity contribution in [2.75, 3.05) is 0 Å². The van der Waals surface area contributed by atoms with E-state index in [4.69, 9.17) is 9.31 Å². The minimum absolute atomic E-state index is 0.000182. The lowest BCUT2D eigenvalue weighted by Crippen LogP contribution is -2.65. The first-order valence-corrected chi connectivity index (χ1v) is 19.2. The third-order valence-electron chi connectivity index (χ3n) is 12.8. The van der Waals surface area contributed by atoms with Crippen molar-refractivity contribution >= 4 is 24.7 Å². The van der Waals surface area contributed by atoms with E-state index in [1.807, 2.05) is 36.4 Å². The molecule has 1 saturated heterocycles. The van der Waals surface area contributed by atoms with Crippen LogP contribution in [0.4, 0.5) is 0 Å². The van der Waals surface area contributed by atoms with Crippen LogP contribution in [0.5, 0.6) is 0 Å². The van der Waals surface area contributed by atoms with Gasteiger partial charge in [0.05, 0.1) is 29.9 Å². The summed E-state index contributed by atoms with van der Waals surface area (Å²) >= 11 is 0. The van der Waals surface area contributed by atoms with Gasteiger partial charge in [0.1, 0.15) is 5.69 Å². The molecule has 8 rings (SSSR count). The molecule has 1 aromatic carbocycles. The molecule has 2 aromatic rings. The molecule has 1 aliphatic heterocycles. The van der Waals surface area contributed by atoms with E-state index in [1.165, 1.54) is 18.6 Å². The van der Waals surface area contributed by atoms with Crippen molar-refractivity contribution in [2.45, 2.75) is 103 Å². The van der Waals surface area contributed by atoms with E-state index in [0.717, 1.165) is 30.4 Å². The van der Waals surface area contributed by atoms with E-state index in [9.17, 15) is 14.4 Å². The van der Waals surface area contributed by atoms with E-state index in [1.54, 1.807) is 0 Å². The predicted octanol–water partition coefficient (Wildman–Crippen LogP) is 6.27. The molecule has 9 nitrogen and oxygen atoms in total. The number of aromatic nitrogens is 2. The Kier molecular flexibility index (Phi) is 10.4. The van der Waals surface area contributed by atoms with Gasteiger partial charge in [-0.1, -0.05) is 94.0 Å². The molecule has 2 bridgehead atoms. The summed E-state index contributed by atoms with van der Waals surface area (Å²) in [7, 11) is -0.566. The van der Waals surface area contributed by atoms with E-state index >= 15 is 0 Å². The van der Waals surface area contributed by atoms with Crippen LogP contribution in [0.2, 0.25) is 0 Å². The number of Topliss-reactive ketones (excluding diaryl/α,β-unsaturated/α-hetero) is 1. The molecule has 4 fully saturated rings. The molecule has 4 unspecified atom stereocenters. The van der Waals surface area contributed by atoms with E-state index in [2.05, 4.69) is 79.5 Å². The van der Waals surface area contributed by atoms with Crippen molar-refractivity contribution < 1.29 is 23.7 Å². The average molecular weight is 705 g/mol. The van der Waals surface area contributed by atoms with Crippen molar-refractivity contribution in [1.29, 1.82) is 0 Å². The third kappa shape index (κ3) is 7.34. The van der Waals surface area contributed by atoms with Gasteiger partial charge >= 0.3 is 7.12 Å². The molecular weight excluding hydrogens is 651 g/mol. The summed E-state index contributed by atoms with van der Waals surface area (Å²) in [6, 6.07) is 8.97. The summed E-state index contributed by atoms with van der Waals surface area (Å²) in [5.74, 6) is -0.0683. The number of carbonyl (C=O) groups is 3. The largest absolute Gasteiger partial charge is 0.481 e. The topological polar surface area (TPSA) is 120 Å². The number of benzene rings is 1. The van der Waals surface area contributed by atoms with Crippen LogP contribution in [0.3, 0.4) is 0 Å². The number of fused-ring (bicyclic) bond motifs is 1. The summed E-state index contributed by atoms with van der Waals surface area (Å²) in [6.07, 6.45) is 19.4. The molecule has 5 aliphatic carbocycles. The summed E-state index contributed by atoms with van der Waals surface area (Å²) in [4.78, 5) is 50.6. The van der Waals surface area contributed by atoms with Crippen LogP contribution < -0.4 is 10.6 Å². The fraction of sp³-hybridized carbons (Fsp3) is 0.548. The Morgan fingerprint density at radius 1 is 1.00 bits per heavy atom. The zero-order valence-corrected chi connectivity index (χ0v) is 31.2. The monoisotopic (exact) mass is 704 g/mol. The van der Waals surface area contributed by atoms with Crippen molar-refractivity contribution in [3.63, 3.8) is 0 Å². The van der Waals surface area contributed by atoms with Gasteiger partial charge in [0.2, 0.25) is 5.91 Å². The second-order valence-corrected chi connectivity index (χ2v) is 16.9. The molecule has 2 amide bonds. The number of amides is 2. The Hall–Kier alpha value is -3.89. The van der Waals surface area contributed by atoms with Crippen LogP contribution in [0, 0.1) is 40.9 Å². The van der Waals surface area contributed by atoms with Gasteiger partial charge in [-0.2, -0.15) is 0 Å². The summed E-state index contributed by atoms with van der Waals surface area (Å²) in [6.45, 7) is 11.2. The second-order valence-electron chi connectivity index (χ2n) is 16.9. The number of nitrogens with one attached hydrogen (secondary N) is 2. The number of carbonyl (C=O) groups excluding carboxylic acids is 3. The molecule has 0 spiro atoms. The molecule has 3 saturated carbocycles. The van der Waals surface area contributed by atoms with Gasteiger partial charge in [-0.15, -0.1) is 0 Å². The molecule has 10 heteroatoms. The first-order valence-electron chi connectivity index (χ1n) is 19.2. The van der Waals surface area contributed by atoms with Crippen LogP contribution in [0.1, 0.15) is 89.2 Å². The zero-order chi connectivity index (χ0) is 36.6. The van der Waals surface area contributed by atoms with Gasteiger partial charge in [-0.25, -0.2) is 4.98 Å². The fourth-order valence-corrected chi connectivity index (χ4v) is 9.71. The van der Waals surface area contributed by atoms with Gasteiger partial charge in [0.25, 0.3) is 5.91 Å². The first kappa shape index (κ1) is 36.5. The maximum absolute atomic E-state index is 14.5. The zero-order valence-electron chi connectivity index (χ0n) is 31.2. The van der Waals surface area contributed by atoms with Gasteiger partial charge in [-0.3, -0.25) is 19.4 Å². The highest BCUT2D eigenvalue weighted by atomic mass is 16.7. The Labute approximate surface area is 308 Å². The predicted molar refractivity (Wildman–Crippen MR) is 201 cm³/mol. The normalized spacial score (nSPS) is 29.7. The third-order valence-corrected chi connectivity index (χ3v) is 12.8.